The maximum absolute atomic E-state index is 5.31. The molecular formula is C20H31N5O. The van der Waals surface area contributed by atoms with Crippen LogP contribution >= 0.6 is 0 Å². The van der Waals surface area contributed by atoms with Crippen molar-refractivity contribution in [1.29, 1.82) is 0 Å². The largest absolute Gasteiger partial charge is 0.496 e. The molecule has 0 unspecified atom stereocenters. The number of hydrogen-bond donors (Lipinski definition) is 2. The number of guanidine groups is 1. The van der Waals surface area contributed by atoms with Crippen LogP contribution in [0.2, 0.25) is 0 Å². The Hall–Kier alpha value is -2.50. The average molecular weight is 358 g/mol. The Kier molecular flexibility index (Phi) is 7.51. The number of aromatic nitrogens is 2. The fourth-order valence-electron chi connectivity index (χ4n) is 2.89. The summed E-state index contributed by atoms with van der Waals surface area (Å²) in [6, 6.07) is 8.28. The van der Waals surface area contributed by atoms with E-state index in [4.69, 9.17) is 4.74 Å². The summed E-state index contributed by atoms with van der Waals surface area (Å²) in [6.07, 6.45) is 0.994. The quantitative estimate of drug-likeness (QED) is 0.433. The summed E-state index contributed by atoms with van der Waals surface area (Å²) in [5.74, 6) is 1.75. The molecule has 26 heavy (non-hydrogen) atoms. The summed E-state index contributed by atoms with van der Waals surface area (Å²) in [6.45, 7) is 11.5. The van der Waals surface area contributed by atoms with Gasteiger partial charge in [0.05, 0.1) is 19.3 Å². The summed E-state index contributed by atoms with van der Waals surface area (Å²) in [5.41, 5.74) is 4.57. The van der Waals surface area contributed by atoms with Crippen LogP contribution in [0.3, 0.4) is 0 Å². The Morgan fingerprint density at radius 3 is 2.62 bits per heavy atom. The van der Waals surface area contributed by atoms with E-state index in [1.807, 2.05) is 13.0 Å². The van der Waals surface area contributed by atoms with Gasteiger partial charge in [-0.2, -0.15) is 5.10 Å². The summed E-state index contributed by atoms with van der Waals surface area (Å²) in [5, 5.41) is 11.2. The van der Waals surface area contributed by atoms with Crippen molar-refractivity contribution in [3.63, 3.8) is 0 Å². The average Bonchev–Trinajstić information content (AvgIpc) is 2.94. The zero-order chi connectivity index (χ0) is 18.9. The van der Waals surface area contributed by atoms with Crippen LogP contribution < -0.4 is 15.4 Å². The Bertz CT molecular complexity index is 736. The van der Waals surface area contributed by atoms with Crippen LogP contribution in [0.5, 0.6) is 5.75 Å². The van der Waals surface area contributed by atoms with Gasteiger partial charge in [-0.1, -0.05) is 12.1 Å². The Balaban J connectivity index is 1.86. The van der Waals surface area contributed by atoms with E-state index >= 15 is 0 Å². The maximum atomic E-state index is 5.31. The first kappa shape index (κ1) is 19.8. The van der Waals surface area contributed by atoms with Crippen molar-refractivity contribution < 1.29 is 4.74 Å². The fraction of sp³-hybridized carbons (Fsp3) is 0.500. The number of hydrogen-bond acceptors (Lipinski definition) is 3. The maximum Gasteiger partial charge on any atom is 0.191 e. The van der Waals surface area contributed by atoms with E-state index in [2.05, 4.69) is 64.4 Å². The normalized spacial score (nSPS) is 11.5. The highest BCUT2D eigenvalue weighted by atomic mass is 16.5. The lowest BCUT2D eigenvalue weighted by molar-refractivity contribution is 0.411. The van der Waals surface area contributed by atoms with Gasteiger partial charge in [0, 0.05) is 25.3 Å². The molecule has 6 heteroatoms. The van der Waals surface area contributed by atoms with E-state index in [1.54, 1.807) is 7.11 Å². The van der Waals surface area contributed by atoms with Crippen molar-refractivity contribution >= 4 is 5.96 Å². The predicted octanol–water partition coefficient (Wildman–Crippen LogP) is 2.96. The molecular weight excluding hydrogens is 326 g/mol. The highest BCUT2D eigenvalue weighted by Crippen LogP contribution is 2.18. The van der Waals surface area contributed by atoms with Crippen molar-refractivity contribution in [2.24, 2.45) is 4.99 Å². The third-order valence-electron chi connectivity index (χ3n) is 4.17. The van der Waals surface area contributed by atoms with Crippen molar-refractivity contribution in [2.45, 2.75) is 47.2 Å². The molecule has 0 saturated heterocycles. The van der Waals surface area contributed by atoms with Crippen molar-refractivity contribution in [1.82, 2.24) is 20.4 Å². The van der Waals surface area contributed by atoms with Gasteiger partial charge in [-0.25, -0.2) is 4.99 Å². The van der Waals surface area contributed by atoms with Crippen molar-refractivity contribution in [2.75, 3.05) is 20.2 Å². The highest BCUT2D eigenvalue weighted by molar-refractivity contribution is 5.79. The van der Waals surface area contributed by atoms with Gasteiger partial charge >= 0.3 is 0 Å². The van der Waals surface area contributed by atoms with Gasteiger partial charge in [0.25, 0.3) is 0 Å². The second-order valence-corrected chi connectivity index (χ2v) is 6.43. The minimum absolute atomic E-state index is 0.637. The summed E-state index contributed by atoms with van der Waals surface area (Å²) in [7, 11) is 1.69. The lowest BCUT2D eigenvalue weighted by Gasteiger charge is -2.12. The second-order valence-electron chi connectivity index (χ2n) is 6.43. The Morgan fingerprint density at radius 2 is 2.00 bits per heavy atom. The molecule has 2 N–H and O–H groups in total. The smallest absolute Gasteiger partial charge is 0.191 e. The van der Waals surface area contributed by atoms with Gasteiger partial charge in [0.15, 0.2) is 5.96 Å². The molecule has 0 saturated carbocycles. The first-order valence-electron chi connectivity index (χ1n) is 9.20. The van der Waals surface area contributed by atoms with Crippen molar-refractivity contribution in [3.05, 3.63) is 46.8 Å². The lowest BCUT2D eigenvalue weighted by Crippen LogP contribution is -2.38. The number of nitrogens with one attached hydrogen (secondary N) is 2. The van der Waals surface area contributed by atoms with Crippen LogP contribution in [0.15, 0.2) is 29.3 Å². The molecule has 0 aliphatic rings. The standard InChI is InChI=1S/C20H31N5O/c1-6-21-20(22-10-7-11-25-17(4)13-16(3)24-25)23-14-18-8-9-19(26-5)15(2)12-18/h8-9,12-13H,6-7,10-11,14H2,1-5H3,(H2,21,22,23). The van der Waals surface area contributed by atoms with Gasteiger partial charge in [-0.05, 0) is 57.4 Å². The molecule has 0 spiro atoms. The van der Waals surface area contributed by atoms with Gasteiger partial charge in [-0.3, -0.25) is 4.68 Å². The van der Waals surface area contributed by atoms with Crippen LogP contribution in [0.4, 0.5) is 0 Å². The molecule has 2 aromatic rings. The number of methoxy groups -OCH3 is 1. The molecule has 0 fully saturated rings. The monoisotopic (exact) mass is 357 g/mol. The van der Waals surface area contributed by atoms with Gasteiger partial charge in [-0.15, -0.1) is 0 Å². The molecule has 0 radical (unpaired) electrons. The highest BCUT2D eigenvalue weighted by Gasteiger charge is 2.03. The molecule has 1 heterocycles. The number of aliphatic imine (C=N–C) groups is 1. The van der Waals surface area contributed by atoms with E-state index in [0.29, 0.717) is 6.54 Å². The van der Waals surface area contributed by atoms with E-state index in [-0.39, 0.29) is 0 Å². The van der Waals surface area contributed by atoms with Crippen LogP contribution in [0.25, 0.3) is 0 Å². The first-order chi connectivity index (χ1) is 12.5. The van der Waals surface area contributed by atoms with Gasteiger partial charge in [0.1, 0.15) is 5.75 Å². The molecule has 0 bridgehead atoms. The van der Waals surface area contributed by atoms with E-state index in [9.17, 15) is 0 Å². The minimum atomic E-state index is 0.637. The lowest BCUT2D eigenvalue weighted by atomic mass is 10.1. The zero-order valence-electron chi connectivity index (χ0n) is 16.6. The SMILES string of the molecule is CCNC(=NCc1ccc(OC)c(C)c1)NCCCn1nc(C)cc1C. The van der Waals surface area contributed by atoms with Gasteiger partial charge < -0.3 is 15.4 Å². The summed E-state index contributed by atoms with van der Waals surface area (Å²) < 4.78 is 7.37. The fourth-order valence-corrected chi connectivity index (χ4v) is 2.89. The summed E-state index contributed by atoms with van der Waals surface area (Å²) in [4.78, 5) is 4.68. The Morgan fingerprint density at radius 1 is 1.19 bits per heavy atom. The molecule has 2 rings (SSSR count). The number of rotatable bonds is 8. The van der Waals surface area contributed by atoms with Crippen LogP contribution in [0, 0.1) is 20.8 Å². The zero-order valence-corrected chi connectivity index (χ0v) is 16.6. The number of nitrogens with zero attached hydrogens (tertiary/aromatic N) is 3. The summed E-state index contributed by atoms with van der Waals surface area (Å²) >= 11 is 0. The predicted molar refractivity (Wildman–Crippen MR) is 107 cm³/mol. The third kappa shape index (κ3) is 5.79. The van der Waals surface area contributed by atoms with Crippen LogP contribution in [0.1, 0.15) is 35.9 Å². The van der Waals surface area contributed by atoms with Crippen molar-refractivity contribution in [3.8, 4) is 5.75 Å². The van der Waals surface area contributed by atoms with E-state index in [0.717, 1.165) is 49.0 Å². The molecule has 0 aliphatic carbocycles. The molecule has 1 aromatic heterocycles. The van der Waals surface area contributed by atoms with Crippen LogP contribution in [-0.4, -0.2) is 35.9 Å². The second kappa shape index (κ2) is 9.85. The van der Waals surface area contributed by atoms with Crippen LogP contribution in [-0.2, 0) is 13.1 Å². The Labute approximate surface area is 156 Å². The first-order valence-corrected chi connectivity index (χ1v) is 9.20. The molecule has 142 valence electrons. The molecule has 6 nitrogen and oxygen atoms in total. The third-order valence-corrected chi connectivity index (χ3v) is 4.17. The molecule has 0 amide bonds. The van der Waals surface area contributed by atoms with E-state index < -0.39 is 0 Å². The molecule has 1 aromatic carbocycles. The van der Waals surface area contributed by atoms with E-state index in [1.165, 1.54) is 11.3 Å². The topological polar surface area (TPSA) is 63.5 Å². The number of aryl methyl sites for hydroxylation is 4. The number of ether oxygens (including phenoxy) is 1. The number of benzene rings is 1. The molecule has 0 aliphatic heterocycles. The van der Waals surface area contributed by atoms with Gasteiger partial charge in [0.2, 0.25) is 0 Å². The molecule has 0 atom stereocenters. The minimum Gasteiger partial charge on any atom is -0.496 e.